The Morgan fingerprint density at radius 1 is 1.00 bits per heavy atom. The van der Waals surface area contributed by atoms with Gasteiger partial charge in [0, 0.05) is 31.9 Å². The average molecular weight is 364 g/mol. The molecule has 1 fully saturated rings. The molecule has 3 rings (SSSR count). The standard InChI is InChI=1S/C18H21FN2O3S/c1-14-13-17(24-2)7-8-18(14)25(22,23)21-11-9-20(10-12-21)16-5-3-15(19)4-6-16/h3-8,13H,9-12H2,1-2H3. The third kappa shape index (κ3) is 3.62. The maximum atomic E-state index is 13.0. The second-order valence-corrected chi connectivity index (χ2v) is 7.91. The first-order valence-electron chi connectivity index (χ1n) is 8.07. The van der Waals surface area contributed by atoms with E-state index in [2.05, 4.69) is 4.90 Å². The first-order chi connectivity index (χ1) is 11.9. The van der Waals surface area contributed by atoms with Crippen LogP contribution >= 0.6 is 0 Å². The molecule has 0 atom stereocenters. The van der Waals surface area contributed by atoms with Crippen LogP contribution in [0, 0.1) is 12.7 Å². The number of nitrogens with zero attached hydrogens (tertiary/aromatic N) is 2. The zero-order valence-electron chi connectivity index (χ0n) is 14.3. The van der Waals surface area contributed by atoms with Crippen LogP contribution in [0.25, 0.3) is 0 Å². The SMILES string of the molecule is COc1ccc(S(=O)(=O)N2CCN(c3ccc(F)cc3)CC2)c(C)c1. The minimum absolute atomic E-state index is 0.278. The van der Waals surface area contributed by atoms with Crippen LogP contribution in [-0.2, 0) is 10.0 Å². The smallest absolute Gasteiger partial charge is 0.243 e. The quantitative estimate of drug-likeness (QED) is 0.837. The Hall–Kier alpha value is -2.12. The molecule has 0 amide bonds. The first-order valence-corrected chi connectivity index (χ1v) is 9.51. The van der Waals surface area contributed by atoms with Crippen molar-refractivity contribution in [1.82, 2.24) is 4.31 Å². The second-order valence-electron chi connectivity index (χ2n) is 6.00. The molecule has 1 saturated heterocycles. The summed E-state index contributed by atoms with van der Waals surface area (Å²) in [5.41, 5.74) is 1.57. The molecule has 1 aliphatic rings. The summed E-state index contributed by atoms with van der Waals surface area (Å²) in [4.78, 5) is 2.37. The molecule has 0 bridgehead atoms. The highest BCUT2D eigenvalue weighted by molar-refractivity contribution is 7.89. The van der Waals surface area contributed by atoms with Crippen LogP contribution in [0.2, 0.25) is 0 Å². The van der Waals surface area contributed by atoms with Crippen LogP contribution in [0.3, 0.4) is 0 Å². The van der Waals surface area contributed by atoms with Crippen LogP contribution in [-0.4, -0.2) is 46.0 Å². The molecule has 0 N–H and O–H groups in total. The van der Waals surface area contributed by atoms with E-state index >= 15 is 0 Å². The molecule has 7 heteroatoms. The summed E-state index contributed by atoms with van der Waals surface area (Å²) in [5.74, 6) is 0.359. The van der Waals surface area contributed by atoms with Crippen molar-refractivity contribution in [2.45, 2.75) is 11.8 Å². The molecule has 0 saturated carbocycles. The highest BCUT2D eigenvalue weighted by Gasteiger charge is 2.29. The molecule has 2 aromatic carbocycles. The maximum absolute atomic E-state index is 13.0. The van der Waals surface area contributed by atoms with Crippen LogP contribution in [0.4, 0.5) is 10.1 Å². The Bertz CT molecular complexity index is 845. The van der Waals surface area contributed by atoms with E-state index in [0.29, 0.717) is 42.4 Å². The van der Waals surface area contributed by atoms with Crippen molar-refractivity contribution in [3.8, 4) is 5.75 Å². The van der Waals surface area contributed by atoms with Gasteiger partial charge in [-0.05, 0) is 55.0 Å². The molecule has 1 heterocycles. The highest BCUT2D eigenvalue weighted by atomic mass is 32.2. The van der Waals surface area contributed by atoms with Crippen molar-refractivity contribution in [1.29, 1.82) is 0 Å². The Morgan fingerprint density at radius 3 is 2.20 bits per heavy atom. The average Bonchev–Trinajstić information content (AvgIpc) is 2.62. The molecular weight excluding hydrogens is 343 g/mol. The van der Waals surface area contributed by atoms with Crippen molar-refractivity contribution in [3.05, 3.63) is 53.8 Å². The number of piperazine rings is 1. The van der Waals surface area contributed by atoms with Crippen LogP contribution < -0.4 is 9.64 Å². The topological polar surface area (TPSA) is 49.9 Å². The highest BCUT2D eigenvalue weighted by Crippen LogP contribution is 2.26. The Morgan fingerprint density at radius 2 is 1.64 bits per heavy atom. The Labute approximate surface area is 147 Å². The fourth-order valence-corrected chi connectivity index (χ4v) is 4.64. The summed E-state index contributed by atoms with van der Waals surface area (Å²) >= 11 is 0. The molecule has 0 aromatic heterocycles. The predicted molar refractivity (Wildman–Crippen MR) is 95.1 cm³/mol. The molecule has 0 aliphatic carbocycles. The van der Waals surface area contributed by atoms with Crippen LogP contribution in [0.5, 0.6) is 5.75 Å². The lowest BCUT2D eigenvalue weighted by atomic mass is 10.2. The second kappa shape index (κ2) is 7.01. The molecule has 25 heavy (non-hydrogen) atoms. The van der Waals surface area contributed by atoms with E-state index in [-0.39, 0.29) is 5.82 Å². The molecule has 0 radical (unpaired) electrons. The summed E-state index contributed by atoms with van der Waals surface area (Å²) in [5, 5.41) is 0. The predicted octanol–water partition coefficient (Wildman–Crippen LogP) is 2.65. The van der Waals surface area contributed by atoms with Gasteiger partial charge in [-0.15, -0.1) is 0 Å². The fourth-order valence-electron chi connectivity index (χ4n) is 3.02. The van der Waals surface area contributed by atoms with Gasteiger partial charge in [0.2, 0.25) is 10.0 Å². The van der Waals surface area contributed by atoms with Gasteiger partial charge in [-0.1, -0.05) is 0 Å². The van der Waals surface area contributed by atoms with Crippen molar-refractivity contribution in [2.24, 2.45) is 0 Å². The largest absolute Gasteiger partial charge is 0.497 e. The monoisotopic (exact) mass is 364 g/mol. The van der Waals surface area contributed by atoms with Gasteiger partial charge in [-0.3, -0.25) is 0 Å². The number of anilines is 1. The zero-order chi connectivity index (χ0) is 18.0. The third-order valence-electron chi connectivity index (χ3n) is 4.43. The summed E-state index contributed by atoms with van der Waals surface area (Å²) in [6, 6.07) is 11.2. The number of benzene rings is 2. The van der Waals surface area contributed by atoms with Crippen LogP contribution in [0.1, 0.15) is 5.56 Å². The summed E-state index contributed by atoms with van der Waals surface area (Å²) in [7, 11) is -1.99. The summed E-state index contributed by atoms with van der Waals surface area (Å²) in [6.45, 7) is 3.70. The van der Waals surface area contributed by atoms with Gasteiger partial charge in [0.15, 0.2) is 0 Å². The van der Waals surface area contributed by atoms with Crippen molar-refractivity contribution < 1.29 is 17.5 Å². The van der Waals surface area contributed by atoms with Gasteiger partial charge in [0.1, 0.15) is 11.6 Å². The van der Waals surface area contributed by atoms with Gasteiger partial charge in [0.05, 0.1) is 12.0 Å². The zero-order valence-corrected chi connectivity index (χ0v) is 15.1. The fraction of sp³-hybridized carbons (Fsp3) is 0.333. The van der Waals surface area contributed by atoms with Gasteiger partial charge in [0.25, 0.3) is 0 Å². The van der Waals surface area contributed by atoms with Crippen LogP contribution in [0.15, 0.2) is 47.4 Å². The van der Waals surface area contributed by atoms with E-state index in [9.17, 15) is 12.8 Å². The summed E-state index contributed by atoms with van der Waals surface area (Å²) in [6.07, 6.45) is 0. The van der Waals surface area contributed by atoms with Crippen molar-refractivity contribution in [2.75, 3.05) is 38.2 Å². The number of aryl methyl sites for hydroxylation is 1. The first kappa shape index (κ1) is 17.7. The number of rotatable bonds is 4. The number of halogens is 1. The Kier molecular flexibility index (Phi) is 4.96. The summed E-state index contributed by atoms with van der Waals surface area (Å²) < 4.78 is 45.5. The lowest BCUT2D eigenvalue weighted by Crippen LogP contribution is -2.48. The number of hydrogen-bond donors (Lipinski definition) is 0. The third-order valence-corrected chi connectivity index (χ3v) is 6.49. The maximum Gasteiger partial charge on any atom is 0.243 e. The Balaban J connectivity index is 1.74. The molecular formula is C18H21FN2O3S. The van der Waals surface area contributed by atoms with Crippen molar-refractivity contribution in [3.63, 3.8) is 0 Å². The van der Waals surface area contributed by atoms with Gasteiger partial charge in [-0.25, -0.2) is 12.8 Å². The van der Waals surface area contributed by atoms with E-state index in [1.165, 1.54) is 16.4 Å². The lowest BCUT2D eigenvalue weighted by molar-refractivity contribution is 0.384. The number of ether oxygens (including phenoxy) is 1. The molecule has 1 aliphatic heterocycles. The van der Waals surface area contributed by atoms with Gasteiger partial charge in [-0.2, -0.15) is 4.31 Å². The van der Waals surface area contributed by atoms with Crippen molar-refractivity contribution >= 4 is 15.7 Å². The van der Waals surface area contributed by atoms with Gasteiger partial charge < -0.3 is 9.64 Å². The molecule has 0 spiro atoms. The van der Waals surface area contributed by atoms with E-state index in [1.54, 1.807) is 44.4 Å². The molecule has 0 unspecified atom stereocenters. The molecule has 5 nitrogen and oxygen atoms in total. The van der Waals surface area contributed by atoms with E-state index < -0.39 is 10.0 Å². The molecule has 134 valence electrons. The minimum atomic E-state index is -3.54. The molecule has 2 aromatic rings. The van der Waals surface area contributed by atoms with E-state index in [0.717, 1.165) is 5.69 Å². The normalized spacial score (nSPS) is 16.0. The number of hydrogen-bond acceptors (Lipinski definition) is 4. The van der Waals surface area contributed by atoms with Gasteiger partial charge >= 0.3 is 0 Å². The van der Waals surface area contributed by atoms with E-state index in [4.69, 9.17) is 4.74 Å². The lowest BCUT2D eigenvalue weighted by Gasteiger charge is -2.35. The van der Waals surface area contributed by atoms with E-state index in [1.807, 2.05) is 0 Å². The number of sulfonamides is 1. The minimum Gasteiger partial charge on any atom is -0.497 e. The number of methoxy groups -OCH3 is 1.